The van der Waals surface area contributed by atoms with E-state index in [0.29, 0.717) is 0 Å². The van der Waals surface area contributed by atoms with Gasteiger partial charge in [-0.15, -0.1) is 12.1 Å². The van der Waals surface area contributed by atoms with Gasteiger partial charge in [-0.1, -0.05) is 6.92 Å². The summed E-state index contributed by atoms with van der Waals surface area (Å²) in [4.78, 5) is 0. The molecule has 1 rings (SSSR count). The Morgan fingerprint density at radius 3 is 2.75 bits per heavy atom. The second-order valence-corrected chi connectivity index (χ2v) is 2.08. The second-order valence-electron chi connectivity index (χ2n) is 2.08. The van der Waals surface area contributed by atoms with Crippen LogP contribution in [0.15, 0.2) is 24.3 Å². The Hall–Kier alpha value is 0.123. The van der Waals surface area contributed by atoms with Crippen LogP contribution in [0.4, 0.5) is 0 Å². The third-order valence-electron chi connectivity index (χ3n) is 1.14. The molecule has 0 aliphatic heterocycles. The van der Waals surface area contributed by atoms with Gasteiger partial charge in [0.2, 0.25) is 0 Å². The van der Waals surface area contributed by atoms with Gasteiger partial charge in [-0.3, -0.25) is 0 Å². The zero-order valence-corrected chi connectivity index (χ0v) is 11.8. The van der Waals surface area contributed by atoms with Crippen LogP contribution in [-0.4, -0.2) is 6.61 Å². The Kier molecular flexibility index (Phi) is 9.31. The molecular formula is C9H11BrOZn. The van der Waals surface area contributed by atoms with Crippen molar-refractivity contribution in [2.45, 2.75) is 13.3 Å². The predicted octanol–water partition coefficient (Wildman–Crippen LogP) is 3.12. The zero-order valence-electron chi connectivity index (χ0n) is 7.22. The van der Waals surface area contributed by atoms with Crippen molar-refractivity contribution in [3.8, 4) is 5.75 Å². The van der Waals surface area contributed by atoms with Crippen molar-refractivity contribution in [2.24, 2.45) is 0 Å². The van der Waals surface area contributed by atoms with Crippen LogP contribution in [0.25, 0.3) is 0 Å². The number of benzene rings is 1. The van der Waals surface area contributed by atoms with E-state index in [-0.39, 0.29) is 0 Å². The monoisotopic (exact) mass is 278 g/mol. The molecule has 1 aromatic carbocycles. The number of rotatable bonds is 3. The Morgan fingerprint density at radius 2 is 2.25 bits per heavy atom. The van der Waals surface area contributed by atoms with Gasteiger partial charge >= 0.3 is 30.0 Å². The Balaban J connectivity index is 0.000000561. The van der Waals surface area contributed by atoms with Gasteiger partial charge in [0.25, 0.3) is 0 Å². The Bertz CT molecular complexity index is 179. The molecule has 1 nitrogen and oxygen atoms in total. The van der Waals surface area contributed by atoms with E-state index in [1.165, 1.54) is 16.3 Å². The first-order chi connectivity index (χ1) is 5.93. The normalized spacial score (nSPS) is 8.33. The molecule has 1 aromatic rings. The van der Waals surface area contributed by atoms with Crippen LogP contribution in [0.2, 0.25) is 0 Å². The fourth-order valence-electron chi connectivity index (χ4n) is 0.679. The molecule has 0 N–H and O–H groups in total. The summed E-state index contributed by atoms with van der Waals surface area (Å²) in [6.07, 6.45) is 1.04. The van der Waals surface area contributed by atoms with Crippen LogP contribution in [0.1, 0.15) is 13.3 Å². The molecule has 3 heteroatoms. The number of hydrogen-bond donors (Lipinski definition) is 0. The van der Waals surface area contributed by atoms with Crippen LogP contribution < -0.4 is 4.74 Å². The summed E-state index contributed by atoms with van der Waals surface area (Å²) in [7, 11) is 0. The maximum absolute atomic E-state index is 5.30. The van der Waals surface area contributed by atoms with E-state index in [1.807, 2.05) is 24.3 Å². The SMILES string of the molecule is CCCOc1[c-]cccc1.[Zn+][Br]. The number of halogens is 1. The van der Waals surface area contributed by atoms with Gasteiger partial charge in [-0.2, -0.15) is 18.2 Å². The fraction of sp³-hybridized carbons (Fsp3) is 0.333. The van der Waals surface area contributed by atoms with Crippen molar-refractivity contribution >= 4 is 13.6 Å². The quantitative estimate of drug-likeness (QED) is 0.610. The van der Waals surface area contributed by atoms with Gasteiger partial charge in [0.05, 0.1) is 6.61 Å². The van der Waals surface area contributed by atoms with Crippen LogP contribution in [0.5, 0.6) is 5.75 Å². The molecule has 0 bridgehead atoms. The first-order valence-corrected chi connectivity index (χ1v) is 10.7. The van der Waals surface area contributed by atoms with Crippen LogP contribution >= 0.6 is 13.6 Å². The molecular weight excluding hydrogens is 269 g/mol. The topological polar surface area (TPSA) is 9.23 Å². The number of hydrogen-bond acceptors (Lipinski definition) is 1. The molecule has 0 atom stereocenters. The first kappa shape index (κ1) is 12.1. The molecule has 0 aromatic heterocycles. The minimum atomic E-state index is 0.778. The van der Waals surface area contributed by atoms with E-state index in [2.05, 4.69) is 26.6 Å². The molecule has 12 heavy (non-hydrogen) atoms. The van der Waals surface area contributed by atoms with Gasteiger partial charge in [-0.05, 0) is 6.42 Å². The third-order valence-corrected chi connectivity index (χ3v) is 1.14. The summed E-state index contributed by atoms with van der Waals surface area (Å²) in [5, 5.41) is 0. The average molecular weight is 280 g/mol. The number of ether oxygens (including phenoxy) is 1. The Labute approximate surface area is 90.5 Å². The maximum atomic E-state index is 5.30. The Morgan fingerprint density at radius 1 is 1.50 bits per heavy atom. The van der Waals surface area contributed by atoms with Crippen LogP contribution in [-0.2, 0) is 16.3 Å². The first-order valence-electron chi connectivity index (χ1n) is 3.79. The molecule has 0 fully saturated rings. The molecule has 0 saturated heterocycles. The fourth-order valence-corrected chi connectivity index (χ4v) is 0.679. The van der Waals surface area contributed by atoms with E-state index in [1.54, 1.807) is 0 Å². The van der Waals surface area contributed by atoms with Gasteiger partial charge in [-0.25, -0.2) is 0 Å². The number of para-hydroxylation sites is 1. The molecule has 0 aliphatic rings. The van der Waals surface area contributed by atoms with Crippen molar-refractivity contribution < 1.29 is 21.1 Å². The summed E-state index contributed by atoms with van der Waals surface area (Å²) in [5.74, 6) is 0.837. The van der Waals surface area contributed by atoms with E-state index in [0.717, 1.165) is 18.8 Å². The van der Waals surface area contributed by atoms with Crippen LogP contribution in [0.3, 0.4) is 0 Å². The van der Waals surface area contributed by atoms with E-state index in [4.69, 9.17) is 4.74 Å². The summed E-state index contributed by atoms with van der Waals surface area (Å²) in [6, 6.07) is 10.6. The minimum absolute atomic E-state index is 0.778. The summed E-state index contributed by atoms with van der Waals surface area (Å²) in [6.45, 7) is 2.86. The van der Waals surface area contributed by atoms with Crippen molar-refractivity contribution in [3.05, 3.63) is 30.3 Å². The summed E-state index contributed by atoms with van der Waals surface area (Å²) < 4.78 is 5.30. The van der Waals surface area contributed by atoms with Crippen molar-refractivity contribution in [1.82, 2.24) is 0 Å². The third kappa shape index (κ3) is 5.73. The molecule has 0 amide bonds. The van der Waals surface area contributed by atoms with Crippen molar-refractivity contribution in [2.75, 3.05) is 6.61 Å². The van der Waals surface area contributed by atoms with Gasteiger partial charge < -0.3 is 4.74 Å². The molecule has 0 aliphatic carbocycles. The zero-order chi connectivity index (χ0) is 9.23. The van der Waals surface area contributed by atoms with Gasteiger partial charge in [0.1, 0.15) is 0 Å². The van der Waals surface area contributed by atoms with Crippen molar-refractivity contribution in [3.63, 3.8) is 0 Å². The molecule has 0 unspecified atom stereocenters. The molecule has 0 spiro atoms. The molecule has 62 valence electrons. The predicted molar refractivity (Wildman–Crippen MR) is 50.0 cm³/mol. The molecule has 0 saturated carbocycles. The van der Waals surface area contributed by atoms with E-state index in [9.17, 15) is 0 Å². The molecule has 0 radical (unpaired) electrons. The van der Waals surface area contributed by atoms with E-state index >= 15 is 0 Å². The van der Waals surface area contributed by atoms with Crippen LogP contribution in [0, 0.1) is 6.07 Å². The summed E-state index contributed by atoms with van der Waals surface area (Å²) in [5.41, 5.74) is 0. The molecule has 0 heterocycles. The average Bonchev–Trinajstić information content (AvgIpc) is 2.19. The standard InChI is InChI=1S/C9H11O.BrH.Zn/c1-2-8-10-9-6-4-3-5-7-9;;/h3-6H,2,8H2,1H3;1H;/q-1;;+2/p-1. The van der Waals surface area contributed by atoms with E-state index < -0.39 is 0 Å². The van der Waals surface area contributed by atoms with Gasteiger partial charge in [0, 0.05) is 5.75 Å². The van der Waals surface area contributed by atoms with Gasteiger partial charge in [0.15, 0.2) is 0 Å². The summed E-state index contributed by atoms with van der Waals surface area (Å²) >= 11 is 4.25. The van der Waals surface area contributed by atoms with Crippen molar-refractivity contribution in [1.29, 1.82) is 0 Å². The second kappa shape index (κ2) is 9.21.